The number of rotatable bonds is 9. The average molecular weight is 440 g/mol. The molecule has 0 radical (unpaired) electrons. The van der Waals surface area contributed by atoms with Gasteiger partial charge in [0.25, 0.3) is 0 Å². The molecule has 2 atom stereocenters. The van der Waals surface area contributed by atoms with Crippen LogP contribution < -0.4 is 9.64 Å². The Kier molecular flexibility index (Phi) is 6.83. The number of hydrogen-bond acceptors (Lipinski definition) is 9. The fourth-order valence-corrected chi connectivity index (χ4v) is 4.80. The van der Waals surface area contributed by atoms with Crippen LogP contribution in [0.4, 0.5) is 5.82 Å². The number of benzene rings is 1. The molecular weight excluding hydrogens is 414 g/mol. The quantitative estimate of drug-likeness (QED) is 0.503. The lowest BCUT2D eigenvalue weighted by atomic mass is 10.0. The number of Topliss-reactive ketones (excluding diaryl/α,β-unsaturated/α-hetero) is 1. The van der Waals surface area contributed by atoms with Crippen molar-refractivity contribution in [3.63, 3.8) is 0 Å². The van der Waals surface area contributed by atoms with Gasteiger partial charge >= 0.3 is 0 Å². The molecule has 8 nitrogen and oxygen atoms in total. The first kappa shape index (κ1) is 21.3. The Hall–Kier alpha value is -2.91. The van der Waals surface area contributed by atoms with Crippen LogP contribution in [0.15, 0.2) is 42.6 Å². The summed E-state index contributed by atoms with van der Waals surface area (Å²) in [6, 6.07) is 11.2. The smallest absolute Gasteiger partial charge is 0.172 e. The highest BCUT2D eigenvalue weighted by Gasteiger charge is 2.26. The summed E-state index contributed by atoms with van der Waals surface area (Å²) in [5, 5.41) is 18.4. The molecule has 4 rings (SSSR count). The normalized spacial score (nSPS) is 17.0. The van der Waals surface area contributed by atoms with E-state index in [9.17, 15) is 4.79 Å². The molecule has 2 aromatic heterocycles. The van der Waals surface area contributed by atoms with Crippen LogP contribution in [0.5, 0.6) is 5.75 Å². The van der Waals surface area contributed by atoms with Crippen LogP contribution in [-0.4, -0.2) is 53.5 Å². The Balaban J connectivity index is 1.33. The number of ketones is 1. The molecule has 0 spiro atoms. The van der Waals surface area contributed by atoms with Crippen molar-refractivity contribution >= 4 is 22.9 Å². The van der Waals surface area contributed by atoms with Crippen LogP contribution in [0.3, 0.4) is 0 Å². The van der Waals surface area contributed by atoms with E-state index in [2.05, 4.69) is 25.3 Å². The Morgan fingerprint density at radius 1 is 1.16 bits per heavy atom. The Morgan fingerprint density at radius 2 is 1.97 bits per heavy atom. The van der Waals surface area contributed by atoms with E-state index in [4.69, 9.17) is 9.47 Å². The van der Waals surface area contributed by atoms with Gasteiger partial charge in [0.15, 0.2) is 11.6 Å². The van der Waals surface area contributed by atoms with Crippen molar-refractivity contribution < 1.29 is 14.3 Å². The standard InChI is InChI=1S/C22H25N5O3S/c1-29-17-7-5-16(6-8-17)22(30-2)18(28)13-21-26-25-20(31-21)12-15-9-11-27(14-15)19-4-3-10-23-24-19/h3-8,10,15,22H,9,11-14H2,1-2H3/t15-,22-/m0/s1. The lowest BCUT2D eigenvalue weighted by Crippen LogP contribution is -2.21. The summed E-state index contributed by atoms with van der Waals surface area (Å²) in [6.45, 7) is 1.89. The van der Waals surface area contributed by atoms with Gasteiger partial charge in [0.2, 0.25) is 0 Å². The second-order valence-corrected chi connectivity index (χ2v) is 8.65. The predicted molar refractivity (Wildman–Crippen MR) is 117 cm³/mol. The maximum Gasteiger partial charge on any atom is 0.172 e. The summed E-state index contributed by atoms with van der Waals surface area (Å²) in [7, 11) is 3.15. The van der Waals surface area contributed by atoms with E-state index >= 15 is 0 Å². The first-order chi connectivity index (χ1) is 15.2. The molecule has 0 aliphatic carbocycles. The number of methoxy groups -OCH3 is 2. The number of hydrogen-bond donors (Lipinski definition) is 0. The highest BCUT2D eigenvalue weighted by molar-refractivity contribution is 7.11. The molecular formula is C22H25N5O3S. The van der Waals surface area contributed by atoms with E-state index in [-0.39, 0.29) is 12.2 Å². The molecule has 9 heteroatoms. The van der Waals surface area contributed by atoms with Gasteiger partial charge in [-0.05, 0) is 42.2 Å². The first-order valence-electron chi connectivity index (χ1n) is 10.2. The van der Waals surface area contributed by atoms with E-state index in [1.165, 1.54) is 11.3 Å². The van der Waals surface area contributed by atoms with Gasteiger partial charge in [-0.2, -0.15) is 5.10 Å². The molecule has 0 bridgehead atoms. The van der Waals surface area contributed by atoms with Crippen molar-refractivity contribution in [1.82, 2.24) is 20.4 Å². The van der Waals surface area contributed by atoms with Crippen LogP contribution in [0.2, 0.25) is 0 Å². The van der Waals surface area contributed by atoms with Crippen LogP contribution in [0.25, 0.3) is 0 Å². The summed E-state index contributed by atoms with van der Waals surface area (Å²) in [6.07, 6.45) is 3.19. The van der Waals surface area contributed by atoms with Gasteiger partial charge in [-0.3, -0.25) is 4.79 Å². The second kappa shape index (κ2) is 9.93. The van der Waals surface area contributed by atoms with Gasteiger partial charge in [-0.25, -0.2) is 0 Å². The Morgan fingerprint density at radius 3 is 2.68 bits per heavy atom. The fraction of sp³-hybridized carbons (Fsp3) is 0.409. The maximum absolute atomic E-state index is 12.8. The average Bonchev–Trinajstić information content (AvgIpc) is 3.45. The van der Waals surface area contributed by atoms with Gasteiger partial charge in [-0.1, -0.05) is 12.1 Å². The van der Waals surface area contributed by atoms with Gasteiger partial charge in [-0.15, -0.1) is 26.6 Å². The minimum absolute atomic E-state index is 0.0370. The highest BCUT2D eigenvalue weighted by Crippen LogP contribution is 2.27. The van der Waals surface area contributed by atoms with Crippen molar-refractivity contribution in [1.29, 1.82) is 0 Å². The molecule has 3 aromatic rings. The first-order valence-corrected chi connectivity index (χ1v) is 11.0. The third-order valence-electron chi connectivity index (χ3n) is 5.41. The van der Waals surface area contributed by atoms with Gasteiger partial charge in [0.1, 0.15) is 21.9 Å². The van der Waals surface area contributed by atoms with E-state index in [1.807, 2.05) is 36.4 Å². The molecule has 0 N–H and O–H groups in total. The molecule has 31 heavy (non-hydrogen) atoms. The SMILES string of the molecule is COc1ccc([C@H](OC)C(=O)Cc2nnc(C[C@@H]3CCN(c4cccnn4)C3)s2)cc1. The van der Waals surface area contributed by atoms with Crippen LogP contribution >= 0.6 is 11.3 Å². The van der Waals surface area contributed by atoms with E-state index in [0.717, 1.165) is 53.1 Å². The van der Waals surface area contributed by atoms with Crippen molar-refractivity contribution in [3.05, 3.63) is 58.2 Å². The van der Waals surface area contributed by atoms with Gasteiger partial charge in [0.05, 0.1) is 13.5 Å². The Labute approximate surface area is 185 Å². The molecule has 3 heterocycles. The lowest BCUT2D eigenvalue weighted by Gasteiger charge is -2.15. The molecule has 0 unspecified atom stereocenters. The van der Waals surface area contributed by atoms with Crippen molar-refractivity contribution in [3.8, 4) is 5.75 Å². The minimum atomic E-state index is -0.631. The molecule has 0 saturated carbocycles. The monoisotopic (exact) mass is 439 g/mol. The van der Waals surface area contributed by atoms with Crippen LogP contribution in [-0.2, 0) is 22.4 Å². The summed E-state index contributed by atoms with van der Waals surface area (Å²) < 4.78 is 10.6. The molecule has 0 amide bonds. The lowest BCUT2D eigenvalue weighted by molar-refractivity contribution is -0.128. The van der Waals surface area contributed by atoms with Crippen LogP contribution in [0, 0.1) is 5.92 Å². The number of carbonyl (C=O) groups is 1. The van der Waals surface area contributed by atoms with E-state index in [0.29, 0.717) is 5.92 Å². The summed E-state index contributed by atoms with van der Waals surface area (Å²) in [5.74, 6) is 2.11. The topological polar surface area (TPSA) is 90.3 Å². The number of nitrogens with zero attached hydrogens (tertiary/aromatic N) is 5. The number of carbonyl (C=O) groups excluding carboxylic acids is 1. The van der Waals surface area contributed by atoms with Crippen molar-refractivity contribution in [2.75, 3.05) is 32.2 Å². The van der Waals surface area contributed by atoms with Gasteiger partial charge < -0.3 is 14.4 Å². The predicted octanol–water partition coefficient (Wildman–Crippen LogP) is 2.91. The zero-order valence-electron chi connectivity index (χ0n) is 17.6. The zero-order valence-corrected chi connectivity index (χ0v) is 18.4. The molecule has 1 fully saturated rings. The molecule has 1 aliphatic rings. The van der Waals surface area contributed by atoms with Crippen molar-refractivity contribution in [2.45, 2.75) is 25.4 Å². The summed E-state index contributed by atoms with van der Waals surface area (Å²) >= 11 is 1.51. The molecule has 1 aromatic carbocycles. The zero-order chi connectivity index (χ0) is 21.6. The Bertz CT molecular complexity index is 996. The third kappa shape index (κ3) is 5.23. The van der Waals surface area contributed by atoms with Crippen molar-refractivity contribution in [2.24, 2.45) is 5.92 Å². The third-order valence-corrected chi connectivity index (χ3v) is 6.36. The maximum atomic E-state index is 12.8. The highest BCUT2D eigenvalue weighted by atomic mass is 32.1. The number of aromatic nitrogens is 4. The molecule has 162 valence electrons. The second-order valence-electron chi connectivity index (χ2n) is 7.51. The van der Waals surface area contributed by atoms with Crippen LogP contribution in [0.1, 0.15) is 28.1 Å². The summed E-state index contributed by atoms with van der Waals surface area (Å²) in [4.78, 5) is 15.1. The number of anilines is 1. The summed E-state index contributed by atoms with van der Waals surface area (Å²) in [5.41, 5.74) is 0.799. The fourth-order valence-electron chi connectivity index (χ4n) is 3.83. The minimum Gasteiger partial charge on any atom is -0.497 e. The van der Waals surface area contributed by atoms with E-state index in [1.54, 1.807) is 20.4 Å². The molecule has 1 saturated heterocycles. The van der Waals surface area contributed by atoms with Gasteiger partial charge in [0, 0.05) is 32.8 Å². The number of ether oxygens (including phenoxy) is 2. The largest absolute Gasteiger partial charge is 0.497 e. The van der Waals surface area contributed by atoms with E-state index < -0.39 is 6.10 Å². The molecule has 1 aliphatic heterocycles.